The second kappa shape index (κ2) is 27.5. The summed E-state index contributed by atoms with van der Waals surface area (Å²) in [4.78, 5) is 116. The summed E-state index contributed by atoms with van der Waals surface area (Å²) < 4.78 is 47.6. The summed E-state index contributed by atoms with van der Waals surface area (Å²) in [6.07, 6.45) is -16.2. The number of nitrogens with one attached hydrogen (secondary N) is 5. The lowest BCUT2D eigenvalue weighted by molar-refractivity contribution is -0.147. The van der Waals surface area contributed by atoms with Crippen molar-refractivity contribution in [1.82, 2.24) is 41.3 Å². The fourth-order valence-electron chi connectivity index (χ4n) is 9.03. The molecule has 3 aliphatic heterocycles. The fourth-order valence-corrected chi connectivity index (χ4v) is 9.39. The van der Waals surface area contributed by atoms with Gasteiger partial charge >= 0.3 is 22.6 Å². The molecule has 3 fully saturated rings. The number of phenolic OH excluding ortho intramolecular Hbond substituents is 1. The first kappa shape index (κ1) is 66.3. The number of amides is 8. The van der Waals surface area contributed by atoms with E-state index in [2.05, 4.69) is 30.8 Å². The minimum atomic E-state index is -5.26. The zero-order valence-electron chi connectivity index (χ0n) is 45.4. The molecular weight excluding hydrogens is 1090 g/mol. The van der Waals surface area contributed by atoms with Crippen molar-refractivity contribution in [2.45, 2.75) is 171 Å². The minimum Gasteiger partial charge on any atom is -0.504 e. The molecule has 0 aliphatic carbocycles. The van der Waals surface area contributed by atoms with Crippen molar-refractivity contribution in [3.05, 3.63) is 23.8 Å². The molecule has 32 heteroatoms. The van der Waals surface area contributed by atoms with Gasteiger partial charge in [0.2, 0.25) is 35.4 Å². The van der Waals surface area contributed by atoms with E-state index < -0.39 is 231 Å². The zero-order chi connectivity index (χ0) is 60.5. The molecule has 0 radical (unpaired) electrons. The highest BCUT2D eigenvalue weighted by Gasteiger charge is 2.50. The van der Waals surface area contributed by atoms with E-state index in [1.165, 1.54) is 48.5 Å². The monoisotopic (exact) mass is 1160 g/mol. The maximum atomic E-state index is 15.0. The van der Waals surface area contributed by atoms with Crippen LogP contribution >= 0.6 is 0 Å². The molecule has 0 spiro atoms. The summed E-state index contributed by atoms with van der Waals surface area (Å²) in [6.45, 7) is 7.39. The van der Waals surface area contributed by atoms with Crippen LogP contribution in [-0.4, -0.2) is 251 Å². The Balaban J connectivity index is 1.93. The SMILES string of the molecule is C[C@@H](O)[C@@H]1NC(=O)[C@@H](NC(=O)OC(C)(C)C)C[C@@H](O)CNC(=O)[C@@H]2[C@@H](O)[C@@H](C)CN2C(=O)[C@H]([C@H](O)CCN(C(=O)OC(C)(C)C)C(CO)CO)NC(=O)[C@H]([C@H](O)Cc2ccc(O)c(OS(=O)(=O)O)c2)NC(=O)[C@@H]2C[C@@H](O)CN2C1=O. The molecule has 452 valence electrons. The number of hydrogen-bond donors (Lipinski definition) is 15. The van der Waals surface area contributed by atoms with Gasteiger partial charge in [-0.1, -0.05) is 13.0 Å². The molecule has 13 atom stereocenters. The Kier molecular flexibility index (Phi) is 22.8. The number of aliphatic hydroxyl groups is 8. The molecule has 4 rings (SSSR count). The van der Waals surface area contributed by atoms with Gasteiger partial charge in [0.1, 0.15) is 47.5 Å². The van der Waals surface area contributed by atoms with Crippen LogP contribution in [0.1, 0.15) is 80.2 Å². The van der Waals surface area contributed by atoms with Gasteiger partial charge in [-0.3, -0.25) is 33.3 Å². The molecule has 3 aliphatic rings. The van der Waals surface area contributed by atoms with E-state index in [9.17, 15) is 92.5 Å². The van der Waals surface area contributed by atoms with Gasteiger partial charge in [0.15, 0.2) is 11.5 Å². The Morgan fingerprint density at radius 1 is 0.787 bits per heavy atom. The smallest absolute Gasteiger partial charge is 0.446 e. The Morgan fingerprint density at radius 2 is 1.38 bits per heavy atom. The van der Waals surface area contributed by atoms with Gasteiger partial charge in [0, 0.05) is 51.4 Å². The average molecular weight is 1170 g/mol. The average Bonchev–Trinajstić information content (AvgIpc) is 3.88. The van der Waals surface area contributed by atoms with Gasteiger partial charge in [-0.2, -0.15) is 8.42 Å². The molecule has 1 aromatic carbocycles. The molecule has 0 bridgehead atoms. The van der Waals surface area contributed by atoms with Crippen LogP contribution in [0.25, 0.3) is 0 Å². The Morgan fingerprint density at radius 3 is 1.95 bits per heavy atom. The van der Waals surface area contributed by atoms with E-state index in [0.717, 1.165) is 39.8 Å². The number of nitrogens with zero attached hydrogens (tertiary/aromatic N) is 3. The van der Waals surface area contributed by atoms with Gasteiger partial charge in [-0.15, -0.1) is 0 Å². The van der Waals surface area contributed by atoms with E-state index in [1.54, 1.807) is 0 Å². The summed E-state index contributed by atoms with van der Waals surface area (Å²) in [7, 11) is -5.26. The third-order valence-corrected chi connectivity index (χ3v) is 13.3. The molecule has 0 aromatic heterocycles. The number of fused-ring (bicyclic) bond motifs is 2. The topological polar surface area (TPSA) is 471 Å². The molecule has 80 heavy (non-hydrogen) atoms. The van der Waals surface area contributed by atoms with Crippen LogP contribution in [0.15, 0.2) is 18.2 Å². The third-order valence-electron chi connectivity index (χ3n) is 13.0. The lowest BCUT2D eigenvalue weighted by Gasteiger charge is -2.35. The quantitative estimate of drug-likeness (QED) is 0.0773. The maximum Gasteiger partial charge on any atom is 0.446 e. The highest BCUT2D eigenvalue weighted by molar-refractivity contribution is 7.81. The number of benzene rings is 1. The van der Waals surface area contributed by atoms with Gasteiger partial charge in [-0.05, 0) is 72.6 Å². The van der Waals surface area contributed by atoms with Crippen molar-refractivity contribution < 1.29 is 111 Å². The summed E-state index contributed by atoms with van der Waals surface area (Å²) in [5, 5.41) is 110. The van der Waals surface area contributed by atoms with Crippen molar-refractivity contribution in [1.29, 1.82) is 0 Å². The summed E-state index contributed by atoms with van der Waals surface area (Å²) >= 11 is 0. The number of aromatic hydroxyl groups is 1. The van der Waals surface area contributed by atoms with Gasteiger partial charge in [0.05, 0.1) is 55.9 Å². The third kappa shape index (κ3) is 18.4. The maximum absolute atomic E-state index is 15.0. The molecular formula is C48H76N8O23S. The first-order chi connectivity index (χ1) is 36.9. The predicted octanol–water partition coefficient (Wildman–Crippen LogP) is -5.40. The van der Waals surface area contributed by atoms with Crippen molar-refractivity contribution in [2.75, 3.05) is 39.4 Å². The minimum absolute atomic E-state index is 0.155. The van der Waals surface area contributed by atoms with E-state index in [4.69, 9.17) is 9.47 Å². The first-order valence-electron chi connectivity index (χ1n) is 25.5. The highest BCUT2D eigenvalue weighted by Crippen LogP contribution is 2.30. The lowest BCUT2D eigenvalue weighted by atomic mass is 9.98. The van der Waals surface area contributed by atoms with E-state index in [0.29, 0.717) is 0 Å². The lowest BCUT2D eigenvalue weighted by Crippen LogP contribution is -2.64. The molecule has 0 unspecified atom stereocenters. The predicted molar refractivity (Wildman–Crippen MR) is 273 cm³/mol. The second-order valence-corrected chi connectivity index (χ2v) is 23.0. The number of ether oxygens (including phenoxy) is 2. The summed E-state index contributed by atoms with van der Waals surface area (Å²) in [6, 6.07) is -10.6. The van der Waals surface area contributed by atoms with Crippen LogP contribution in [0.4, 0.5) is 9.59 Å². The molecule has 31 nitrogen and oxygen atoms in total. The largest absolute Gasteiger partial charge is 0.504 e. The van der Waals surface area contributed by atoms with E-state index in [-0.39, 0.29) is 5.56 Å². The van der Waals surface area contributed by atoms with Gasteiger partial charge < -0.3 is 101 Å². The zero-order valence-corrected chi connectivity index (χ0v) is 46.2. The van der Waals surface area contributed by atoms with Crippen molar-refractivity contribution in [3.8, 4) is 11.5 Å². The van der Waals surface area contributed by atoms with Gasteiger partial charge in [0.25, 0.3) is 0 Å². The van der Waals surface area contributed by atoms with Crippen molar-refractivity contribution >= 4 is 58.0 Å². The van der Waals surface area contributed by atoms with Crippen LogP contribution in [0.2, 0.25) is 0 Å². The summed E-state index contributed by atoms with van der Waals surface area (Å²) in [5.41, 5.74) is -2.42. The number of phenols is 1. The molecule has 3 heterocycles. The molecule has 1 aromatic rings. The number of hydrogen-bond acceptors (Lipinski definition) is 22. The number of aliphatic hydroxyl groups excluding tert-OH is 8. The van der Waals surface area contributed by atoms with Crippen LogP contribution in [0.3, 0.4) is 0 Å². The number of carbonyl (C=O) groups excluding carboxylic acids is 8. The molecule has 8 amide bonds. The molecule has 3 saturated heterocycles. The number of alkyl carbamates (subject to hydrolysis) is 1. The standard InChI is InChI=1S/C48H76N8O23S/c1-22-18-56-37(38(22)65)42(69)49-17-26(60)15-28(50-45(72)77-47(3,4)5)39(66)51-34(23(2)59)43(70)55-19-27(61)16-29(55)40(67)52-35(32(64)13-24-9-10-30(62)33(14-24)79-80(74,75)76)41(68)53-36(44(56)71)31(63)11-12-54(25(20-57)21-58)46(73)78-48(6,7)8/h9-10,14,22-23,25-29,31-32,34-38,57-65H,11-13,15-21H2,1-8H3,(H,49,69)(H,50,72)(H,51,66)(H,52,67)(H,53,68)(H,74,75,76)/t22-,23+,26+,27+,28-,29-,31+,32+,34-,35-,36-,37-,38-/m0/s1. The van der Waals surface area contributed by atoms with E-state index >= 15 is 4.79 Å². The van der Waals surface area contributed by atoms with Crippen LogP contribution in [0.5, 0.6) is 11.5 Å². The second-order valence-electron chi connectivity index (χ2n) is 22.0. The molecule has 15 N–H and O–H groups in total. The molecule has 0 saturated carbocycles. The fraction of sp³-hybridized carbons (Fsp3) is 0.708. The Hall–Kier alpha value is -6.23. The van der Waals surface area contributed by atoms with Crippen molar-refractivity contribution in [3.63, 3.8) is 0 Å². The van der Waals surface area contributed by atoms with E-state index in [1.807, 2.05) is 0 Å². The first-order valence-corrected chi connectivity index (χ1v) is 26.9. The highest BCUT2D eigenvalue weighted by atomic mass is 32.3. The van der Waals surface area contributed by atoms with Crippen LogP contribution in [-0.2, 0) is 55.1 Å². The van der Waals surface area contributed by atoms with Crippen molar-refractivity contribution in [2.24, 2.45) is 5.92 Å². The van der Waals surface area contributed by atoms with Crippen LogP contribution < -0.4 is 30.8 Å². The van der Waals surface area contributed by atoms with Crippen LogP contribution in [0, 0.1) is 5.92 Å². The Bertz CT molecular complexity index is 2510. The summed E-state index contributed by atoms with van der Waals surface area (Å²) in [5.74, 6) is -10.3. The number of β-amino-alcohol motifs (C(OH)–C–C–N with tert-alkyl or cyclic N) is 1. The Labute approximate surface area is 460 Å². The number of rotatable bonds is 14. The van der Waals surface area contributed by atoms with Gasteiger partial charge in [-0.25, -0.2) is 9.59 Å². The normalized spacial score (nSPS) is 27.3. The number of carbonyl (C=O) groups is 8.